The van der Waals surface area contributed by atoms with Crippen molar-refractivity contribution in [3.05, 3.63) is 64.0 Å². The van der Waals surface area contributed by atoms with Crippen LogP contribution in [-0.2, 0) is 16.0 Å². The molecule has 1 heterocycles. The smallest absolute Gasteiger partial charge is 0.337 e. The number of aromatic nitrogens is 1. The van der Waals surface area contributed by atoms with Crippen LogP contribution < -0.4 is 5.32 Å². The van der Waals surface area contributed by atoms with Crippen LogP contribution in [0.4, 0.5) is 10.8 Å². The first-order chi connectivity index (χ1) is 13.4. The number of aryl methyl sites for hydroxylation is 2. The van der Waals surface area contributed by atoms with Crippen molar-refractivity contribution < 1.29 is 19.4 Å². The molecule has 2 N–H and O–H groups in total. The fourth-order valence-corrected chi connectivity index (χ4v) is 3.78. The summed E-state index contributed by atoms with van der Waals surface area (Å²) >= 11 is 1.31. The van der Waals surface area contributed by atoms with Gasteiger partial charge in [0.15, 0.2) is 5.13 Å². The van der Waals surface area contributed by atoms with E-state index < -0.39 is 11.9 Å². The van der Waals surface area contributed by atoms with E-state index in [0.717, 1.165) is 22.4 Å². The molecule has 3 rings (SSSR count). The number of methoxy groups -OCH3 is 1. The number of hydrogen-bond acceptors (Lipinski definition) is 6. The van der Waals surface area contributed by atoms with Crippen molar-refractivity contribution in [2.45, 2.75) is 20.3 Å². The van der Waals surface area contributed by atoms with E-state index in [4.69, 9.17) is 4.74 Å². The molecule has 2 aromatic carbocycles. The fraction of sp³-hybridized carbons (Fsp3) is 0.190. The number of hydrogen-bond donors (Lipinski definition) is 2. The van der Waals surface area contributed by atoms with Gasteiger partial charge in [0.1, 0.15) is 0 Å². The van der Waals surface area contributed by atoms with Gasteiger partial charge >= 0.3 is 11.9 Å². The number of esters is 1. The minimum atomic E-state index is -0.899. The molecule has 0 unspecified atom stereocenters. The van der Waals surface area contributed by atoms with Gasteiger partial charge in [0.2, 0.25) is 0 Å². The van der Waals surface area contributed by atoms with Gasteiger partial charge < -0.3 is 15.2 Å². The average molecular weight is 396 g/mol. The molecule has 0 atom stereocenters. The predicted molar refractivity (Wildman–Crippen MR) is 109 cm³/mol. The Labute approximate surface area is 166 Å². The van der Waals surface area contributed by atoms with Gasteiger partial charge in [-0.1, -0.05) is 17.7 Å². The molecule has 0 bridgehead atoms. The topological polar surface area (TPSA) is 88.5 Å². The van der Waals surface area contributed by atoms with Crippen LogP contribution in [-0.4, -0.2) is 29.1 Å². The third-order valence-electron chi connectivity index (χ3n) is 4.21. The number of carbonyl (C=O) groups is 2. The van der Waals surface area contributed by atoms with E-state index in [1.807, 2.05) is 32.0 Å². The summed E-state index contributed by atoms with van der Waals surface area (Å²) in [7, 11) is 1.34. The Morgan fingerprint density at radius 2 is 1.86 bits per heavy atom. The number of nitrogens with zero attached hydrogens (tertiary/aromatic N) is 1. The van der Waals surface area contributed by atoms with E-state index in [9.17, 15) is 14.7 Å². The molecule has 0 aliphatic rings. The van der Waals surface area contributed by atoms with Gasteiger partial charge in [0.25, 0.3) is 0 Å². The Morgan fingerprint density at radius 3 is 2.50 bits per heavy atom. The van der Waals surface area contributed by atoms with Crippen LogP contribution in [0, 0.1) is 13.8 Å². The SMILES string of the molecule is COC(=O)c1ccc(Nc2nc(-c3cc(C)ccc3C)c(CC(=O)O)s2)cc1. The number of carbonyl (C=O) groups excluding carboxylic acids is 1. The minimum Gasteiger partial charge on any atom is -0.481 e. The number of ether oxygens (including phenoxy) is 1. The van der Waals surface area contributed by atoms with Crippen molar-refractivity contribution in [3.63, 3.8) is 0 Å². The second-order valence-electron chi connectivity index (χ2n) is 6.37. The van der Waals surface area contributed by atoms with E-state index in [1.165, 1.54) is 18.4 Å². The molecule has 1 aromatic heterocycles. The number of carboxylic acids is 1. The van der Waals surface area contributed by atoms with Crippen LogP contribution in [0.2, 0.25) is 0 Å². The molecule has 0 saturated carbocycles. The van der Waals surface area contributed by atoms with Gasteiger partial charge in [-0.3, -0.25) is 4.79 Å². The van der Waals surface area contributed by atoms with Crippen molar-refractivity contribution in [1.82, 2.24) is 4.98 Å². The van der Waals surface area contributed by atoms with Crippen LogP contribution in [0.5, 0.6) is 0 Å². The summed E-state index contributed by atoms with van der Waals surface area (Å²) in [6.07, 6.45) is -0.0939. The molecule has 0 saturated heterocycles. The summed E-state index contributed by atoms with van der Waals surface area (Å²) < 4.78 is 4.70. The molecule has 28 heavy (non-hydrogen) atoms. The highest BCUT2D eigenvalue weighted by Gasteiger charge is 2.18. The summed E-state index contributed by atoms with van der Waals surface area (Å²) in [5, 5.41) is 13.1. The zero-order valence-corrected chi connectivity index (χ0v) is 16.6. The van der Waals surface area contributed by atoms with Crippen LogP contribution in [0.15, 0.2) is 42.5 Å². The van der Waals surface area contributed by atoms with E-state index in [2.05, 4.69) is 10.3 Å². The predicted octanol–water partition coefficient (Wildman–Crippen LogP) is 4.58. The van der Waals surface area contributed by atoms with Crippen LogP contribution in [0.3, 0.4) is 0 Å². The molecule has 6 nitrogen and oxygen atoms in total. The number of thiazole rings is 1. The maximum atomic E-state index is 11.5. The number of anilines is 2. The van der Waals surface area contributed by atoms with Gasteiger partial charge in [-0.05, 0) is 49.7 Å². The highest BCUT2D eigenvalue weighted by atomic mass is 32.1. The molecular formula is C21H20N2O4S. The van der Waals surface area contributed by atoms with Crippen LogP contribution in [0.25, 0.3) is 11.3 Å². The van der Waals surface area contributed by atoms with E-state index in [-0.39, 0.29) is 6.42 Å². The number of benzene rings is 2. The van der Waals surface area contributed by atoms with Gasteiger partial charge in [-0.2, -0.15) is 0 Å². The van der Waals surface area contributed by atoms with Gasteiger partial charge in [-0.25, -0.2) is 9.78 Å². The van der Waals surface area contributed by atoms with Crippen molar-refractivity contribution >= 4 is 34.1 Å². The summed E-state index contributed by atoms with van der Waals surface area (Å²) in [6, 6.07) is 12.9. The minimum absolute atomic E-state index is 0.0939. The highest BCUT2D eigenvalue weighted by molar-refractivity contribution is 7.16. The Balaban J connectivity index is 1.94. The van der Waals surface area contributed by atoms with Gasteiger partial charge in [0, 0.05) is 16.1 Å². The summed E-state index contributed by atoms with van der Waals surface area (Å²) in [6.45, 7) is 3.98. The molecule has 0 radical (unpaired) electrons. The molecular weight excluding hydrogens is 376 g/mol. The Bertz CT molecular complexity index is 1030. The summed E-state index contributed by atoms with van der Waals surface area (Å²) in [4.78, 5) is 28.2. The van der Waals surface area contributed by atoms with E-state index in [0.29, 0.717) is 21.3 Å². The normalized spacial score (nSPS) is 10.5. The quantitative estimate of drug-likeness (QED) is 0.593. The molecule has 3 aromatic rings. The zero-order chi connectivity index (χ0) is 20.3. The van der Waals surface area contributed by atoms with Crippen LogP contribution >= 0.6 is 11.3 Å². The second kappa shape index (κ2) is 8.22. The number of nitrogens with one attached hydrogen (secondary N) is 1. The lowest BCUT2D eigenvalue weighted by Crippen LogP contribution is -2.00. The first kappa shape index (κ1) is 19.6. The van der Waals surface area contributed by atoms with Crippen molar-refractivity contribution in [2.24, 2.45) is 0 Å². The lowest BCUT2D eigenvalue weighted by atomic mass is 10.0. The van der Waals surface area contributed by atoms with Crippen molar-refractivity contribution in [3.8, 4) is 11.3 Å². The summed E-state index contributed by atoms with van der Waals surface area (Å²) in [5.41, 5.74) is 4.94. The first-order valence-corrected chi connectivity index (χ1v) is 9.43. The maximum absolute atomic E-state index is 11.5. The number of rotatable bonds is 6. The van der Waals surface area contributed by atoms with E-state index in [1.54, 1.807) is 24.3 Å². The lowest BCUT2D eigenvalue weighted by Gasteiger charge is -2.06. The zero-order valence-electron chi connectivity index (χ0n) is 15.8. The summed E-state index contributed by atoms with van der Waals surface area (Å²) in [5.74, 6) is -1.30. The van der Waals surface area contributed by atoms with Crippen molar-refractivity contribution in [2.75, 3.05) is 12.4 Å². The number of aliphatic carboxylic acids is 1. The fourth-order valence-electron chi connectivity index (χ4n) is 2.79. The maximum Gasteiger partial charge on any atom is 0.337 e. The van der Waals surface area contributed by atoms with Gasteiger partial charge in [0.05, 0.1) is 24.8 Å². The standard InChI is InChI=1S/C21H20N2O4S/c1-12-4-5-13(2)16(10-12)19-17(11-18(24)25)28-21(23-19)22-15-8-6-14(7-9-15)20(26)27-3/h4-10H,11H2,1-3H3,(H,22,23)(H,24,25). The molecule has 144 valence electrons. The van der Waals surface area contributed by atoms with Crippen molar-refractivity contribution in [1.29, 1.82) is 0 Å². The Hall–Kier alpha value is -3.19. The van der Waals surface area contributed by atoms with E-state index >= 15 is 0 Å². The molecule has 0 amide bonds. The third kappa shape index (κ3) is 4.37. The molecule has 0 aliphatic carbocycles. The van der Waals surface area contributed by atoms with Crippen LogP contribution in [0.1, 0.15) is 26.4 Å². The van der Waals surface area contributed by atoms with Gasteiger partial charge in [-0.15, -0.1) is 11.3 Å². The molecule has 7 heteroatoms. The second-order valence-corrected chi connectivity index (χ2v) is 7.46. The molecule has 0 aliphatic heterocycles. The number of carboxylic acid groups (broad SMARTS) is 1. The highest BCUT2D eigenvalue weighted by Crippen LogP contribution is 2.35. The Morgan fingerprint density at radius 1 is 1.14 bits per heavy atom. The lowest BCUT2D eigenvalue weighted by molar-refractivity contribution is -0.136. The largest absolute Gasteiger partial charge is 0.481 e. The molecule has 0 fully saturated rings. The molecule has 0 spiro atoms. The first-order valence-electron chi connectivity index (χ1n) is 8.62. The average Bonchev–Trinajstić information content (AvgIpc) is 3.04. The Kier molecular flexibility index (Phi) is 5.75. The monoisotopic (exact) mass is 396 g/mol. The third-order valence-corrected chi connectivity index (χ3v) is 5.19.